The average Bonchev–Trinajstić information content (AvgIpc) is 2.87. The van der Waals surface area contributed by atoms with E-state index in [-0.39, 0.29) is 24.2 Å². The van der Waals surface area contributed by atoms with Gasteiger partial charge >= 0.3 is 5.97 Å². The molecule has 2 unspecified atom stereocenters. The van der Waals surface area contributed by atoms with Crippen LogP contribution in [0.25, 0.3) is 0 Å². The maximum Gasteiger partial charge on any atom is 0.306 e. The molecule has 102 valence electrons. The molecule has 4 nitrogen and oxygen atoms in total. The third-order valence-electron chi connectivity index (χ3n) is 3.56. The van der Waals surface area contributed by atoms with Gasteiger partial charge < -0.3 is 10.4 Å². The SMILES string of the molecule is O=C(O)C1CCC(C(=O)NCc2ccccc2F)C1. The normalized spacial score (nSPS) is 22.2. The average molecular weight is 265 g/mol. The number of carbonyl (C=O) groups is 2. The fourth-order valence-electron chi connectivity index (χ4n) is 2.41. The minimum absolute atomic E-state index is 0.139. The van der Waals surface area contributed by atoms with E-state index >= 15 is 0 Å². The quantitative estimate of drug-likeness (QED) is 0.874. The van der Waals surface area contributed by atoms with Crippen LogP contribution in [0.15, 0.2) is 24.3 Å². The van der Waals surface area contributed by atoms with Crippen LogP contribution in [0.3, 0.4) is 0 Å². The smallest absolute Gasteiger partial charge is 0.306 e. The van der Waals surface area contributed by atoms with Gasteiger partial charge in [-0.25, -0.2) is 4.39 Å². The number of nitrogens with one attached hydrogen (secondary N) is 1. The van der Waals surface area contributed by atoms with Gasteiger partial charge in [-0.2, -0.15) is 0 Å². The summed E-state index contributed by atoms with van der Waals surface area (Å²) in [5.41, 5.74) is 0.434. The molecule has 2 N–H and O–H groups in total. The van der Waals surface area contributed by atoms with E-state index in [1.807, 2.05) is 0 Å². The molecular formula is C14H16FNO3. The number of hydrogen-bond donors (Lipinski definition) is 2. The first-order valence-electron chi connectivity index (χ1n) is 6.32. The zero-order valence-corrected chi connectivity index (χ0v) is 10.4. The van der Waals surface area contributed by atoms with Crippen molar-refractivity contribution in [3.8, 4) is 0 Å². The van der Waals surface area contributed by atoms with Crippen LogP contribution >= 0.6 is 0 Å². The van der Waals surface area contributed by atoms with E-state index in [0.29, 0.717) is 24.8 Å². The Kier molecular flexibility index (Phi) is 4.14. The molecular weight excluding hydrogens is 249 g/mol. The molecule has 2 atom stereocenters. The van der Waals surface area contributed by atoms with Gasteiger partial charge in [-0.1, -0.05) is 18.2 Å². The monoisotopic (exact) mass is 265 g/mol. The van der Waals surface area contributed by atoms with Crippen molar-refractivity contribution in [3.05, 3.63) is 35.6 Å². The van der Waals surface area contributed by atoms with Crippen molar-refractivity contribution in [3.63, 3.8) is 0 Å². The Labute approximate surface area is 110 Å². The molecule has 0 saturated heterocycles. The molecule has 1 aliphatic carbocycles. The molecule has 0 aromatic heterocycles. The van der Waals surface area contributed by atoms with Crippen molar-refractivity contribution in [2.45, 2.75) is 25.8 Å². The highest BCUT2D eigenvalue weighted by molar-refractivity contribution is 5.80. The maximum atomic E-state index is 13.4. The van der Waals surface area contributed by atoms with Gasteiger partial charge in [0.15, 0.2) is 0 Å². The summed E-state index contributed by atoms with van der Waals surface area (Å²) in [6, 6.07) is 6.26. The zero-order chi connectivity index (χ0) is 13.8. The van der Waals surface area contributed by atoms with Crippen LogP contribution in [-0.4, -0.2) is 17.0 Å². The first kappa shape index (κ1) is 13.5. The summed E-state index contributed by atoms with van der Waals surface area (Å²) in [4.78, 5) is 22.7. The first-order valence-corrected chi connectivity index (χ1v) is 6.32. The van der Waals surface area contributed by atoms with Crippen LogP contribution in [0.2, 0.25) is 0 Å². The standard InChI is InChI=1S/C14H16FNO3/c15-12-4-2-1-3-11(12)8-16-13(17)9-5-6-10(7-9)14(18)19/h1-4,9-10H,5-8H2,(H,16,17)(H,18,19). The summed E-state index contributed by atoms with van der Waals surface area (Å²) in [6.07, 6.45) is 1.49. The highest BCUT2D eigenvalue weighted by Gasteiger charge is 2.33. The van der Waals surface area contributed by atoms with Gasteiger partial charge in [0, 0.05) is 18.0 Å². The van der Waals surface area contributed by atoms with Gasteiger partial charge in [0.2, 0.25) is 5.91 Å². The Morgan fingerprint density at radius 3 is 2.58 bits per heavy atom. The second-order valence-corrected chi connectivity index (χ2v) is 4.85. The molecule has 1 saturated carbocycles. The summed E-state index contributed by atoms with van der Waals surface area (Å²) >= 11 is 0. The Balaban J connectivity index is 1.86. The highest BCUT2D eigenvalue weighted by atomic mass is 19.1. The molecule has 1 aliphatic rings. The molecule has 5 heteroatoms. The fraction of sp³-hybridized carbons (Fsp3) is 0.429. The summed E-state index contributed by atoms with van der Waals surface area (Å²) in [7, 11) is 0. The van der Waals surface area contributed by atoms with Crippen molar-refractivity contribution >= 4 is 11.9 Å². The maximum absolute atomic E-state index is 13.4. The zero-order valence-electron chi connectivity index (χ0n) is 10.4. The number of carbonyl (C=O) groups excluding carboxylic acids is 1. The van der Waals surface area contributed by atoms with Gasteiger partial charge in [-0.15, -0.1) is 0 Å². The van der Waals surface area contributed by atoms with E-state index in [1.165, 1.54) is 6.07 Å². The lowest BCUT2D eigenvalue weighted by molar-refractivity contribution is -0.141. The third-order valence-corrected chi connectivity index (χ3v) is 3.56. The second kappa shape index (κ2) is 5.82. The molecule has 1 aromatic rings. The largest absolute Gasteiger partial charge is 0.481 e. The minimum Gasteiger partial charge on any atom is -0.481 e. The minimum atomic E-state index is -0.843. The molecule has 0 heterocycles. The lowest BCUT2D eigenvalue weighted by Crippen LogP contribution is -2.29. The second-order valence-electron chi connectivity index (χ2n) is 4.85. The van der Waals surface area contributed by atoms with Crippen LogP contribution in [0.4, 0.5) is 4.39 Å². The molecule has 19 heavy (non-hydrogen) atoms. The Morgan fingerprint density at radius 1 is 1.26 bits per heavy atom. The van der Waals surface area contributed by atoms with Crippen LogP contribution in [0.1, 0.15) is 24.8 Å². The van der Waals surface area contributed by atoms with Crippen molar-refractivity contribution < 1.29 is 19.1 Å². The fourth-order valence-corrected chi connectivity index (χ4v) is 2.41. The van der Waals surface area contributed by atoms with Crippen molar-refractivity contribution in [1.82, 2.24) is 5.32 Å². The first-order chi connectivity index (χ1) is 9.08. The summed E-state index contributed by atoms with van der Waals surface area (Å²) < 4.78 is 13.4. The molecule has 1 amide bonds. The predicted octanol–water partition coefficient (Wildman–Crippen LogP) is 1.94. The van der Waals surface area contributed by atoms with Crippen molar-refractivity contribution in [2.24, 2.45) is 11.8 Å². The highest BCUT2D eigenvalue weighted by Crippen LogP contribution is 2.31. The molecule has 0 bridgehead atoms. The predicted molar refractivity (Wildman–Crippen MR) is 66.7 cm³/mol. The van der Waals surface area contributed by atoms with Crippen LogP contribution in [0.5, 0.6) is 0 Å². The molecule has 0 radical (unpaired) electrons. The van der Waals surface area contributed by atoms with E-state index < -0.39 is 11.9 Å². The lowest BCUT2D eigenvalue weighted by atomic mass is 10.0. The number of carboxylic acids is 1. The molecule has 1 fully saturated rings. The number of carboxylic acid groups (broad SMARTS) is 1. The van der Waals surface area contributed by atoms with Gasteiger partial charge in [-0.05, 0) is 25.3 Å². The number of benzene rings is 1. The molecule has 0 spiro atoms. The molecule has 0 aliphatic heterocycles. The van der Waals surface area contributed by atoms with Gasteiger partial charge in [0.05, 0.1) is 5.92 Å². The van der Waals surface area contributed by atoms with E-state index in [4.69, 9.17) is 5.11 Å². The van der Waals surface area contributed by atoms with Crippen LogP contribution in [0, 0.1) is 17.7 Å². The van der Waals surface area contributed by atoms with Crippen LogP contribution < -0.4 is 5.32 Å². The molecule has 1 aromatic carbocycles. The number of hydrogen-bond acceptors (Lipinski definition) is 2. The van der Waals surface area contributed by atoms with Crippen LogP contribution in [-0.2, 0) is 16.1 Å². The van der Waals surface area contributed by atoms with Gasteiger partial charge in [-0.3, -0.25) is 9.59 Å². The molecule has 2 rings (SSSR count). The van der Waals surface area contributed by atoms with E-state index in [0.717, 1.165) is 0 Å². The van der Waals surface area contributed by atoms with Crippen molar-refractivity contribution in [2.75, 3.05) is 0 Å². The van der Waals surface area contributed by atoms with E-state index in [1.54, 1.807) is 18.2 Å². The van der Waals surface area contributed by atoms with E-state index in [2.05, 4.69) is 5.32 Å². The lowest BCUT2D eigenvalue weighted by Gasteiger charge is -2.11. The van der Waals surface area contributed by atoms with Gasteiger partial charge in [0.25, 0.3) is 0 Å². The topological polar surface area (TPSA) is 66.4 Å². The van der Waals surface area contributed by atoms with Gasteiger partial charge in [0.1, 0.15) is 5.82 Å². The summed E-state index contributed by atoms with van der Waals surface area (Å²) in [6.45, 7) is 0.139. The Morgan fingerprint density at radius 2 is 1.95 bits per heavy atom. The number of amides is 1. The van der Waals surface area contributed by atoms with Crippen molar-refractivity contribution in [1.29, 1.82) is 0 Å². The van der Waals surface area contributed by atoms with E-state index in [9.17, 15) is 14.0 Å². The number of aliphatic carboxylic acids is 1. The number of rotatable bonds is 4. The third kappa shape index (κ3) is 3.30. The Hall–Kier alpha value is -1.91. The summed E-state index contributed by atoms with van der Waals surface area (Å²) in [5, 5.41) is 11.5. The Bertz CT molecular complexity index is 489. The number of halogens is 1. The summed E-state index contributed by atoms with van der Waals surface area (Å²) in [5.74, 6) is -2.08.